The van der Waals surface area contributed by atoms with Crippen LogP contribution in [0.15, 0.2) is 24.3 Å². The van der Waals surface area contributed by atoms with Crippen molar-refractivity contribution in [3.63, 3.8) is 0 Å². The van der Waals surface area contributed by atoms with Gasteiger partial charge in [-0.3, -0.25) is 4.79 Å². The van der Waals surface area contributed by atoms with Crippen molar-refractivity contribution < 1.29 is 9.53 Å². The molecule has 6 heteroatoms. The molecule has 1 aromatic heterocycles. The molecular weight excluding hydrogens is 298 g/mol. The highest BCUT2D eigenvalue weighted by Gasteiger charge is 2.25. The molecule has 0 saturated carbocycles. The molecule has 0 bridgehead atoms. The van der Waals surface area contributed by atoms with Gasteiger partial charge in [0.1, 0.15) is 12.4 Å². The second-order valence-corrected chi connectivity index (χ2v) is 6.41. The number of thioether (sulfide) groups is 1. The highest BCUT2D eigenvalue weighted by Crippen LogP contribution is 2.20. The molecule has 1 fully saturated rings. The number of hydrogen-bond acceptors (Lipinski definition) is 4. The zero-order valence-corrected chi connectivity index (χ0v) is 13.8. The number of carbonyl (C=O) groups is 1. The Balaban J connectivity index is 1.88. The van der Waals surface area contributed by atoms with Crippen LogP contribution >= 0.6 is 11.8 Å². The summed E-state index contributed by atoms with van der Waals surface area (Å²) in [6.45, 7) is 4.30. The van der Waals surface area contributed by atoms with Crippen LogP contribution in [0.3, 0.4) is 0 Å². The molecule has 2 aromatic rings. The van der Waals surface area contributed by atoms with E-state index in [1.807, 2.05) is 36.1 Å². The first-order chi connectivity index (χ1) is 10.7. The van der Waals surface area contributed by atoms with E-state index in [0.29, 0.717) is 26.3 Å². The number of para-hydroxylation sites is 2. The number of carbonyl (C=O) groups excluding carboxylic acids is 1. The monoisotopic (exact) mass is 319 g/mol. The number of fused-ring (bicyclic) bond motifs is 1. The maximum atomic E-state index is 12.7. The van der Waals surface area contributed by atoms with E-state index in [2.05, 4.69) is 15.8 Å². The summed E-state index contributed by atoms with van der Waals surface area (Å²) in [7, 11) is 0. The number of imidazole rings is 1. The lowest BCUT2D eigenvalue weighted by Gasteiger charge is -2.33. The van der Waals surface area contributed by atoms with E-state index < -0.39 is 0 Å². The average Bonchev–Trinajstić information content (AvgIpc) is 2.86. The number of benzene rings is 1. The molecule has 1 aromatic carbocycles. The SMILES string of the molecule is CSCc1nc2ccccc2n1CC(=O)N1CCOC[C@H]1C. The Labute approximate surface area is 134 Å². The zero-order chi connectivity index (χ0) is 15.5. The van der Waals surface area contributed by atoms with Gasteiger partial charge in [-0.05, 0) is 25.3 Å². The Morgan fingerprint density at radius 3 is 3.05 bits per heavy atom. The fraction of sp³-hybridized carbons (Fsp3) is 0.500. The smallest absolute Gasteiger partial charge is 0.242 e. The van der Waals surface area contributed by atoms with Crippen LogP contribution in [0.5, 0.6) is 0 Å². The number of aromatic nitrogens is 2. The lowest BCUT2D eigenvalue weighted by Crippen LogP contribution is -2.48. The minimum atomic E-state index is 0.139. The van der Waals surface area contributed by atoms with E-state index >= 15 is 0 Å². The number of morpholine rings is 1. The minimum Gasteiger partial charge on any atom is -0.377 e. The van der Waals surface area contributed by atoms with Gasteiger partial charge in [-0.2, -0.15) is 11.8 Å². The summed E-state index contributed by atoms with van der Waals surface area (Å²) >= 11 is 1.72. The molecular formula is C16H21N3O2S. The van der Waals surface area contributed by atoms with Gasteiger partial charge in [-0.25, -0.2) is 4.98 Å². The summed E-state index contributed by atoms with van der Waals surface area (Å²) in [4.78, 5) is 19.3. The van der Waals surface area contributed by atoms with E-state index in [9.17, 15) is 4.79 Å². The minimum absolute atomic E-state index is 0.139. The quantitative estimate of drug-likeness (QED) is 0.866. The molecule has 0 N–H and O–H groups in total. The molecule has 0 radical (unpaired) electrons. The Kier molecular flexibility index (Phi) is 4.69. The second-order valence-electron chi connectivity index (χ2n) is 5.55. The van der Waals surface area contributed by atoms with Crippen LogP contribution in [0.1, 0.15) is 12.7 Å². The van der Waals surface area contributed by atoms with Gasteiger partial charge in [0.2, 0.25) is 5.91 Å². The third kappa shape index (κ3) is 2.98. The Bertz CT molecular complexity index is 670. The van der Waals surface area contributed by atoms with Gasteiger partial charge >= 0.3 is 0 Å². The molecule has 5 nitrogen and oxygen atoms in total. The number of nitrogens with zero attached hydrogens (tertiary/aromatic N) is 3. The summed E-state index contributed by atoms with van der Waals surface area (Å²) in [6.07, 6.45) is 2.05. The predicted molar refractivity (Wildman–Crippen MR) is 88.9 cm³/mol. The van der Waals surface area contributed by atoms with Crippen LogP contribution < -0.4 is 0 Å². The predicted octanol–water partition coefficient (Wildman–Crippen LogP) is 2.15. The Hall–Kier alpha value is -1.53. The lowest BCUT2D eigenvalue weighted by atomic mass is 10.2. The van der Waals surface area contributed by atoms with Gasteiger partial charge in [0, 0.05) is 6.54 Å². The molecule has 1 atom stereocenters. The molecule has 22 heavy (non-hydrogen) atoms. The molecule has 0 aliphatic carbocycles. The summed E-state index contributed by atoms with van der Waals surface area (Å²) < 4.78 is 7.47. The van der Waals surface area contributed by atoms with Gasteiger partial charge in [0.25, 0.3) is 0 Å². The van der Waals surface area contributed by atoms with Gasteiger partial charge < -0.3 is 14.2 Å². The van der Waals surface area contributed by atoms with Crippen LogP contribution in [-0.2, 0) is 21.8 Å². The van der Waals surface area contributed by atoms with Crippen LogP contribution in [-0.4, -0.2) is 52.4 Å². The molecule has 3 rings (SSSR count). The van der Waals surface area contributed by atoms with Gasteiger partial charge in [0.05, 0.1) is 36.0 Å². The normalized spacial score (nSPS) is 18.8. The van der Waals surface area contributed by atoms with Crippen molar-refractivity contribution in [3.8, 4) is 0 Å². The highest BCUT2D eigenvalue weighted by atomic mass is 32.2. The topological polar surface area (TPSA) is 47.4 Å². The first-order valence-electron chi connectivity index (χ1n) is 7.51. The maximum Gasteiger partial charge on any atom is 0.242 e. The van der Waals surface area contributed by atoms with Crippen molar-refractivity contribution in [1.29, 1.82) is 0 Å². The Morgan fingerprint density at radius 2 is 2.27 bits per heavy atom. The Morgan fingerprint density at radius 1 is 1.45 bits per heavy atom. The second kappa shape index (κ2) is 6.71. The van der Waals surface area contributed by atoms with Crippen molar-refractivity contribution in [2.75, 3.05) is 26.0 Å². The molecule has 1 aliphatic rings. The number of rotatable bonds is 4. The average molecular weight is 319 g/mol. The van der Waals surface area contributed by atoms with E-state index in [4.69, 9.17) is 4.74 Å². The van der Waals surface area contributed by atoms with Crippen molar-refractivity contribution in [2.45, 2.75) is 25.3 Å². The van der Waals surface area contributed by atoms with E-state index in [1.54, 1.807) is 11.8 Å². The van der Waals surface area contributed by atoms with E-state index in [1.165, 1.54) is 0 Å². The fourth-order valence-corrected chi connectivity index (χ4v) is 3.34. The summed E-state index contributed by atoms with van der Waals surface area (Å²) in [5.41, 5.74) is 1.98. The first kappa shape index (κ1) is 15.4. The summed E-state index contributed by atoms with van der Waals surface area (Å²) in [6, 6.07) is 8.14. The molecule has 1 saturated heterocycles. The first-order valence-corrected chi connectivity index (χ1v) is 8.90. The van der Waals surface area contributed by atoms with Gasteiger partial charge in [-0.1, -0.05) is 12.1 Å². The van der Waals surface area contributed by atoms with E-state index in [-0.39, 0.29) is 11.9 Å². The molecule has 0 unspecified atom stereocenters. The maximum absolute atomic E-state index is 12.7. The van der Waals surface area contributed by atoms with E-state index in [0.717, 1.165) is 22.6 Å². The number of amides is 1. The highest BCUT2D eigenvalue weighted by molar-refractivity contribution is 7.97. The number of hydrogen-bond donors (Lipinski definition) is 0. The van der Waals surface area contributed by atoms with Crippen molar-refractivity contribution >= 4 is 28.7 Å². The lowest BCUT2D eigenvalue weighted by molar-refractivity contribution is -0.139. The molecule has 2 heterocycles. The standard InChI is InChI=1S/C16H21N3O2S/c1-12-10-21-8-7-18(12)16(20)9-19-14-6-4-3-5-13(14)17-15(19)11-22-2/h3-6,12H,7-11H2,1-2H3/t12-/m1/s1. The third-order valence-electron chi connectivity index (χ3n) is 3.99. The van der Waals surface area contributed by atoms with Crippen molar-refractivity contribution in [3.05, 3.63) is 30.1 Å². The zero-order valence-electron chi connectivity index (χ0n) is 13.0. The van der Waals surface area contributed by atoms with Crippen LogP contribution in [0.4, 0.5) is 0 Å². The largest absolute Gasteiger partial charge is 0.377 e. The number of ether oxygens (including phenoxy) is 1. The molecule has 118 valence electrons. The van der Waals surface area contributed by atoms with Crippen LogP contribution in [0.25, 0.3) is 11.0 Å². The van der Waals surface area contributed by atoms with Crippen molar-refractivity contribution in [1.82, 2.24) is 14.5 Å². The molecule has 1 amide bonds. The third-order valence-corrected chi connectivity index (χ3v) is 4.54. The summed E-state index contributed by atoms with van der Waals surface area (Å²) in [5.74, 6) is 1.91. The van der Waals surface area contributed by atoms with Crippen LogP contribution in [0.2, 0.25) is 0 Å². The fourth-order valence-electron chi connectivity index (χ4n) is 2.86. The van der Waals surface area contributed by atoms with Gasteiger partial charge in [-0.15, -0.1) is 0 Å². The van der Waals surface area contributed by atoms with Crippen molar-refractivity contribution in [2.24, 2.45) is 0 Å². The summed E-state index contributed by atoms with van der Waals surface area (Å²) in [5, 5.41) is 0. The molecule has 1 aliphatic heterocycles. The van der Waals surface area contributed by atoms with Gasteiger partial charge in [0.15, 0.2) is 0 Å². The van der Waals surface area contributed by atoms with Crippen LogP contribution in [0, 0.1) is 0 Å². The molecule has 0 spiro atoms.